The average Bonchev–Trinajstić information content (AvgIpc) is 3.30. The van der Waals surface area contributed by atoms with Gasteiger partial charge in [0.15, 0.2) is 5.65 Å². The number of aryl methyl sites for hydroxylation is 1. The van der Waals surface area contributed by atoms with Crippen molar-refractivity contribution in [1.29, 1.82) is 0 Å². The second kappa shape index (κ2) is 7.21. The zero-order valence-corrected chi connectivity index (χ0v) is 14.8. The maximum atomic E-state index is 12.4. The zero-order chi connectivity index (χ0) is 17.9. The van der Waals surface area contributed by atoms with Crippen LogP contribution in [0.1, 0.15) is 27.9 Å². The van der Waals surface area contributed by atoms with Gasteiger partial charge in [0.2, 0.25) is 0 Å². The molecular formula is C19H22N6O. The van der Waals surface area contributed by atoms with Gasteiger partial charge in [-0.05, 0) is 59.5 Å². The van der Waals surface area contributed by atoms with Crippen LogP contribution in [0.25, 0.3) is 5.65 Å². The standard InChI is InChI=1S/C19H22N6O/c1-14-4-2-3-5-17(14)13-24-8-6-15(12-24)11-20-19(26)16-7-9-25-18(10-16)21-22-23-25/h2-5,7,9-10,15H,6,8,11-13H2,1H3,(H,20,26)/t15-/m0/s1. The molecule has 2 aromatic heterocycles. The first kappa shape index (κ1) is 16.7. The quantitative estimate of drug-likeness (QED) is 0.758. The summed E-state index contributed by atoms with van der Waals surface area (Å²) in [4.78, 5) is 14.8. The number of carbonyl (C=O) groups is 1. The maximum absolute atomic E-state index is 12.4. The number of hydrogen-bond donors (Lipinski definition) is 1. The molecule has 0 spiro atoms. The number of fused-ring (bicyclic) bond motifs is 1. The Balaban J connectivity index is 1.30. The van der Waals surface area contributed by atoms with Crippen molar-refractivity contribution in [2.45, 2.75) is 19.9 Å². The Hall–Kier alpha value is -2.80. The van der Waals surface area contributed by atoms with Gasteiger partial charge in [0.1, 0.15) is 0 Å². The van der Waals surface area contributed by atoms with Gasteiger partial charge in [-0.1, -0.05) is 24.3 Å². The molecule has 0 radical (unpaired) electrons. The van der Waals surface area contributed by atoms with E-state index in [-0.39, 0.29) is 5.91 Å². The molecule has 134 valence electrons. The summed E-state index contributed by atoms with van der Waals surface area (Å²) < 4.78 is 1.54. The normalized spacial score (nSPS) is 17.7. The lowest BCUT2D eigenvalue weighted by molar-refractivity contribution is 0.0947. The molecule has 3 aromatic rings. The van der Waals surface area contributed by atoms with Crippen molar-refractivity contribution in [2.24, 2.45) is 5.92 Å². The van der Waals surface area contributed by atoms with E-state index in [4.69, 9.17) is 0 Å². The molecule has 4 rings (SSSR count). The van der Waals surface area contributed by atoms with E-state index < -0.39 is 0 Å². The summed E-state index contributed by atoms with van der Waals surface area (Å²) in [7, 11) is 0. The molecular weight excluding hydrogens is 328 g/mol. The zero-order valence-electron chi connectivity index (χ0n) is 14.8. The van der Waals surface area contributed by atoms with Crippen LogP contribution in [0.15, 0.2) is 42.6 Å². The van der Waals surface area contributed by atoms with Crippen molar-refractivity contribution in [3.8, 4) is 0 Å². The minimum Gasteiger partial charge on any atom is -0.352 e. The summed E-state index contributed by atoms with van der Waals surface area (Å²) in [5.74, 6) is 0.411. The summed E-state index contributed by atoms with van der Waals surface area (Å²) in [5, 5.41) is 14.3. The van der Waals surface area contributed by atoms with Gasteiger partial charge in [-0.25, -0.2) is 4.52 Å². The summed E-state index contributed by atoms with van der Waals surface area (Å²) in [5.41, 5.74) is 3.88. The van der Waals surface area contributed by atoms with Crippen molar-refractivity contribution in [1.82, 2.24) is 30.3 Å². The van der Waals surface area contributed by atoms with Crippen molar-refractivity contribution in [2.75, 3.05) is 19.6 Å². The Morgan fingerprint density at radius 3 is 3.08 bits per heavy atom. The maximum Gasteiger partial charge on any atom is 0.251 e. The number of pyridine rings is 1. The number of tetrazole rings is 1. The predicted molar refractivity (Wildman–Crippen MR) is 97.7 cm³/mol. The number of nitrogens with zero attached hydrogens (tertiary/aromatic N) is 5. The molecule has 1 fully saturated rings. The van der Waals surface area contributed by atoms with Crippen molar-refractivity contribution in [3.63, 3.8) is 0 Å². The minimum atomic E-state index is -0.0761. The summed E-state index contributed by atoms with van der Waals surface area (Å²) in [6, 6.07) is 12.0. The van der Waals surface area contributed by atoms with E-state index >= 15 is 0 Å². The Labute approximate surface area is 152 Å². The topological polar surface area (TPSA) is 75.4 Å². The van der Waals surface area contributed by atoms with Gasteiger partial charge in [-0.2, -0.15) is 0 Å². The second-order valence-electron chi connectivity index (χ2n) is 6.92. The van der Waals surface area contributed by atoms with E-state index in [2.05, 4.69) is 56.9 Å². The Morgan fingerprint density at radius 1 is 1.31 bits per heavy atom. The molecule has 0 aliphatic carbocycles. The monoisotopic (exact) mass is 350 g/mol. The van der Waals surface area contributed by atoms with Crippen LogP contribution in [0, 0.1) is 12.8 Å². The van der Waals surface area contributed by atoms with Gasteiger partial charge in [-0.15, -0.1) is 5.10 Å². The Kier molecular flexibility index (Phi) is 4.62. The first-order valence-electron chi connectivity index (χ1n) is 8.92. The molecule has 0 bridgehead atoms. The third-order valence-corrected chi connectivity index (χ3v) is 5.04. The number of aromatic nitrogens is 4. The van der Waals surface area contributed by atoms with Gasteiger partial charge < -0.3 is 5.32 Å². The Morgan fingerprint density at radius 2 is 2.19 bits per heavy atom. The smallest absolute Gasteiger partial charge is 0.251 e. The largest absolute Gasteiger partial charge is 0.352 e. The lowest BCUT2D eigenvalue weighted by Crippen LogP contribution is -2.31. The van der Waals surface area contributed by atoms with Crippen LogP contribution in [-0.2, 0) is 6.54 Å². The fourth-order valence-corrected chi connectivity index (χ4v) is 3.47. The van der Waals surface area contributed by atoms with Crippen LogP contribution >= 0.6 is 0 Å². The molecule has 3 heterocycles. The molecule has 1 aliphatic heterocycles. The third kappa shape index (κ3) is 3.57. The van der Waals surface area contributed by atoms with Crippen molar-refractivity contribution < 1.29 is 4.79 Å². The molecule has 1 atom stereocenters. The highest BCUT2D eigenvalue weighted by Crippen LogP contribution is 2.19. The molecule has 1 amide bonds. The number of benzene rings is 1. The highest BCUT2D eigenvalue weighted by molar-refractivity contribution is 5.94. The molecule has 7 heteroatoms. The van der Waals surface area contributed by atoms with E-state index in [0.29, 0.717) is 23.7 Å². The fraction of sp³-hybridized carbons (Fsp3) is 0.368. The first-order valence-corrected chi connectivity index (χ1v) is 8.92. The number of rotatable bonds is 5. The summed E-state index contributed by atoms with van der Waals surface area (Å²) >= 11 is 0. The second-order valence-corrected chi connectivity index (χ2v) is 6.92. The number of nitrogens with one attached hydrogen (secondary N) is 1. The van der Waals surface area contributed by atoms with Crippen LogP contribution in [0.5, 0.6) is 0 Å². The summed E-state index contributed by atoms with van der Waals surface area (Å²) in [6.07, 6.45) is 2.81. The van der Waals surface area contributed by atoms with Crippen molar-refractivity contribution >= 4 is 11.6 Å². The van der Waals surface area contributed by atoms with Crippen LogP contribution in [0.4, 0.5) is 0 Å². The molecule has 7 nitrogen and oxygen atoms in total. The summed E-state index contributed by atoms with van der Waals surface area (Å²) in [6.45, 7) is 5.92. The molecule has 1 aliphatic rings. The van der Waals surface area contributed by atoms with Crippen LogP contribution in [0.3, 0.4) is 0 Å². The third-order valence-electron chi connectivity index (χ3n) is 5.04. The number of likely N-dealkylation sites (tertiary alicyclic amines) is 1. The highest BCUT2D eigenvalue weighted by atomic mass is 16.1. The average molecular weight is 350 g/mol. The van der Waals surface area contributed by atoms with Crippen LogP contribution in [-0.4, -0.2) is 50.5 Å². The molecule has 26 heavy (non-hydrogen) atoms. The van der Waals surface area contributed by atoms with Gasteiger partial charge in [-0.3, -0.25) is 9.69 Å². The number of amides is 1. The number of hydrogen-bond acceptors (Lipinski definition) is 5. The van der Waals surface area contributed by atoms with E-state index in [1.54, 1.807) is 18.3 Å². The van der Waals surface area contributed by atoms with E-state index in [1.807, 2.05) is 0 Å². The van der Waals surface area contributed by atoms with Crippen LogP contribution < -0.4 is 5.32 Å². The number of carbonyl (C=O) groups excluding carboxylic acids is 1. The fourth-order valence-electron chi connectivity index (χ4n) is 3.47. The van der Waals surface area contributed by atoms with E-state index in [9.17, 15) is 4.79 Å². The lowest BCUT2D eigenvalue weighted by atomic mass is 10.1. The predicted octanol–water partition coefficient (Wildman–Crippen LogP) is 1.68. The molecule has 0 saturated carbocycles. The molecule has 1 saturated heterocycles. The Bertz CT molecular complexity index is 921. The van der Waals surface area contributed by atoms with Crippen LogP contribution in [0.2, 0.25) is 0 Å². The van der Waals surface area contributed by atoms with Gasteiger partial charge in [0, 0.05) is 31.4 Å². The molecule has 0 unspecified atom stereocenters. The minimum absolute atomic E-state index is 0.0761. The lowest BCUT2D eigenvalue weighted by Gasteiger charge is -2.17. The van der Waals surface area contributed by atoms with Gasteiger partial charge in [0.05, 0.1) is 0 Å². The molecule has 1 N–H and O–H groups in total. The highest BCUT2D eigenvalue weighted by Gasteiger charge is 2.23. The van der Waals surface area contributed by atoms with Gasteiger partial charge in [0.25, 0.3) is 5.91 Å². The van der Waals surface area contributed by atoms with E-state index in [1.165, 1.54) is 15.6 Å². The van der Waals surface area contributed by atoms with E-state index in [0.717, 1.165) is 26.1 Å². The van der Waals surface area contributed by atoms with Gasteiger partial charge >= 0.3 is 0 Å². The first-order chi connectivity index (χ1) is 12.7. The van der Waals surface area contributed by atoms with Crippen molar-refractivity contribution in [3.05, 3.63) is 59.3 Å². The molecule has 1 aromatic carbocycles. The SMILES string of the molecule is Cc1ccccc1CN1CC[C@@H](CNC(=O)c2ccn3nnnc3c2)C1.